The van der Waals surface area contributed by atoms with Gasteiger partial charge in [0, 0.05) is 23.4 Å². The van der Waals surface area contributed by atoms with E-state index in [-0.39, 0.29) is 11.7 Å². The van der Waals surface area contributed by atoms with Crippen molar-refractivity contribution < 1.29 is 13.9 Å². The number of methoxy groups -OCH3 is 1. The van der Waals surface area contributed by atoms with Crippen molar-refractivity contribution in [1.29, 1.82) is 0 Å². The summed E-state index contributed by atoms with van der Waals surface area (Å²) in [6.07, 6.45) is 0.588. The van der Waals surface area contributed by atoms with Crippen LogP contribution in [0.2, 0.25) is 5.02 Å². The number of hydrogen-bond donors (Lipinski definition) is 1. The van der Waals surface area contributed by atoms with Crippen LogP contribution in [0.4, 0.5) is 10.1 Å². The molecule has 9 heteroatoms. The molecule has 6 nitrogen and oxygen atoms in total. The SMILES string of the molecule is CC[C@@H](Sc1nnc(-c2ccc(Cl)cc2)n1CCOC)C(=O)Nc1ccc(F)cc1. The highest BCUT2D eigenvalue weighted by atomic mass is 35.5. The summed E-state index contributed by atoms with van der Waals surface area (Å²) in [7, 11) is 1.63. The van der Waals surface area contributed by atoms with Crippen molar-refractivity contribution >= 4 is 35.0 Å². The molecule has 0 unspecified atom stereocenters. The molecule has 0 saturated heterocycles. The van der Waals surface area contributed by atoms with Gasteiger partial charge in [-0.2, -0.15) is 0 Å². The summed E-state index contributed by atoms with van der Waals surface area (Å²) in [5, 5.41) is 12.3. The fraction of sp³-hybridized carbons (Fsp3) is 0.286. The maximum atomic E-state index is 13.1. The Morgan fingerprint density at radius 2 is 1.90 bits per heavy atom. The number of halogens is 2. The number of hydrogen-bond acceptors (Lipinski definition) is 5. The van der Waals surface area contributed by atoms with Gasteiger partial charge in [-0.1, -0.05) is 30.3 Å². The molecule has 0 saturated carbocycles. The topological polar surface area (TPSA) is 69.0 Å². The molecule has 3 aromatic rings. The van der Waals surface area contributed by atoms with Crippen LogP contribution in [-0.2, 0) is 16.1 Å². The van der Waals surface area contributed by atoms with Crippen LogP contribution in [0.15, 0.2) is 53.7 Å². The van der Waals surface area contributed by atoms with Crippen molar-refractivity contribution in [3.63, 3.8) is 0 Å². The van der Waals surface area contributed by atoms with Crippen LogP contribution in [-0.4, -0.2) is 39.6 Å². The smallest absolute Gasteiger partial charge is 0.237 e. The molecule has 1 heterocycles. The van der Waals surface area contributed by atoms with Crippen molar-refractivity contribution in [3.8, 4) is 11.4 Å². The molecule has 0 aliphatic heterocycles. The second kappa shape index (κ2) is 10.6. The molecule has 0 aliphatic carbocycles. The van der Waals surface area contributed by atoms with Crippen LogP contribution in [0.1, 0.15) is 13.3 Å². The van der Waals surface area contributed by atoms with Gasteiger partial charge in [0.1, 0.15) is 5.82 Å². The Bertz CT molecular complexity index is 980. The number of thioether (sulfide) groups is 1. The lowest BCUT2D eigenvalue weighted by atomic mass is 10.2. The monoisotopic (exact) mass is 448 g/mol. The molecular formula is C21H22ClFN4O2S. The first-order valence-corrected chi connectivity index (χ1v) is 10.7. The van der Waals surface area contributed by atoms with Crippen LogP contribution in [0, 0.1) is 5.82 Å². The maximum Gasteiger partial charge on any atom is 0.237 e. The maximum absolute atomic E-state index is 13.1. The van der Waals surface area contributed by atoms with Gasteiger partial charge in [0.05, 0.1) is 18.4 Å². The van der Waals surface area contributed by atoms with Gasteiger partial charge in [0.15, 0.2) is 11.0 Å². The fourth-order valence-electron chi connectivity index (χ4n) is 2.78. The van der Waals surface area contributed by atoms with Crippen molar-refractivity contribution in [1.82, 2.24) is 14.8 Å². The van der Waals surface area contributed by atoms with E-state index in [0.29, 0.717) is 41.3 Å². The Morgan fingerprint density at radius 3 is 2.53 bits per heavy atom. The summed E-state index contributed by atoms with van der Waals surface area (Å²) in [4.78, 5) is 12.8. The molecular weight excluding hydrogens is 427 g/mol. The molecule has 0 bridgehead atoms. The largest absolute Gasteiger partial charge is 0.383 e. The standard InChI is InChI=1S/C21H22ClFN4O2S/c1-3-18(20(28)24-17-10-8-16(23)9-11-17)30-21-26-25-19(27(21)12-13-29-2)14-4-6-15(22)7-5-14/h4-11,18H,3,12-13H2,1-2H3,(H,24,28)/t18-/m1/s1. The number of carbonyl (C=O) groups is 1. The summed E-state index contributed by atoms with van der Waals surface area (Å²) in [5.41, 5.74) is 1.42. The van der Waals surface area contributed by atoms with E-state index in [9.17, 15) is 9.18 Å². The quantitative estimate of drug-likeness (QED) is 0.472. The number of anilines is 1. The lowest BCUT2D eigenvalue weighted by molar-refractivity contribution is -0.115. The molecule has 1 aromatic heterocycles. The normalized spacial score (nSPS) is 12.0. The zero-order chi connectivity index (χ0) is 21.5. The first kappa shape index (κ1) is 22.3. The van der Waals surface area contributed by atoms with Gasteiger partial charge < -0.3 is 10.1 Å². The van der Waals surface area contributed by atoms with Gasteiger partial charge in [-0.15, -0.1) is 10.2 Å². The van der Waals surface area contributed by atoms with Crippen LogP contribution >= 0.6 is 23.4 Å². The minimum Gasteiger partial charge on any atom is -0.383 e. The molecule has 158 valence electrons. The molecule has 3 rings (SSSR count). The van der Waals surface area contributed by atoms with Crippen LogP contribution in [0.25, 0.3) is 11.4 Å². The van der Waals surface area contributed by atoms with Crippen LogP contribution in [0.5, 0.6) is 0 Å². The van der Waals surface area contributed by atoms with Crippen molar-refractivity contribution in [2.24, 2.45) is 0 Å². The average Bonchev–Trinajstić information content (AvgIpc) is 3.14. The number of amides is 1. The van der Waals surface area contributed by atoms with Crippen LogP contribution in [0.3, 0.4) is 0 Å². The first-order chi connectivity index (χ1) is 14.5. The highest BCUT2D eigenvalue weighted by Crippen LogP contribution is 2.29. The molecule has 2 aromatic carbocycles. The number of ether oxygens (including phenoxy) is 1. The lowest BCUT2D eigenvalue weighted by Crippen LogP contribution is -2.25. The zero-order valence-electron chi connectivity index (χ0n) is 16.6. The molecule has 1 amide bonds. The van der Waals surface area contributed by atoms with Gasteiger partial charge in [-0.25, -0.2) is 4.39 Å². The molecule has 0 aliphatic rings. The van der Waals surface area contributed by atoms with E-state index in [1.54, 1.807) is 19.2 Å². The van der Waals surface area contributed by atoms with E-state index < -0.39 is 5.25 Å². The van der Waals surface area contributed by atoms with Gasteiger partial charge in [-0.3, -0.25) is 9.36 Å². The van der Waals surface area contributed by atoms with Crippen LogP contribution < -0.4 is 5.32 Å². The Balaban J connectivity index is 1.81. The number of aromatic nitrogens is 3. The molecule has 0 radical (unpaired) electrons. The van der Waals surface area contributed by atoms with E-state index in [4.69, 9.17) is 16.3 Å². The molecule has 1 atom stereocenters. The van der Waals surface area contributed by atoms with E-state index in [1.807, 2.05) is 23.6 Å². The number of rotatable bonds is 9. The number of benzene rings is 2. The molecule has 0 spiro atoms. The summed E-state index contributed by atoms with van der Waals surface area (Å²) in [6.45, 7) is 2.95. The third-order valence-corrected chi connectivity index (χ3v) is 5.96. The zero-order valence-corrected chi connectivity index (χ0v) is 18.2. The second-order valence-corrected chi connectivity index (χ2v) is 8.07. The van der Waals surface area contributed by atoms with E-state index in [0.717, 1.165) is 5.56 Å². The third-order valence-electron chi connectivity index (χ3n) is 4.36. The van der Waals surface area contributed by atoms with E-state index in [2.05, 4.69) is 15.5 Å². The third kappa shape index (κ3) is 5.59. The van der Waals surface area contributed by atoms with E-state index in [1.165, 1.54) is 36.0 Å². The Hall–Kier alpha value is -2.42. The van der Waals surface area contributed by atoms with Crippen molar-refractivity contribution in [3.05, 3.63) is 59.4 Å². The van der Waals surface area contributed by atoms with Gasteiger partial charge >= 0.3 is 0 Å². The fourth-order valence-corrected chi connectivity index (χ4v) is 3.88. The minimum atomic E-state index is -0.390. The average molecular weight is 449 g/mol. The number of nitrogens with one attached hydrogen (secondary N) is 1. The highest BCUT2D eigenvalue weighted by molar-refractivity contribution is 8.00. The molecule has 1 N–H and O–H groups in total. The first-order valence-electron chi connectivity index (χ1n) is 9.43. The summed E-state index contributed by atoms with van der Waals surface area (Å²) in [5.74, 6) is 0.152. The molecule has 30 heavy (non-hydrogen) atoms. The van der Waals surface area contributed by atoms with Crippen molar-refractivity contribution in [2.75, 3.05) is 19.0 Å². The predicted molar refractivity (Wildman–Crippen MR) is 117 cm³/mol. The number of nitrogens with zero attached hydrogens (tertiary/aromatic N) is 3. The summed E-state index contributed by atoms with van der Waals surface area (Å²) < 4.78 is 20.3. The Morgan fingerprint density at radius 1 is 1.20 bits per heavy atom. The van der Waals surface area contributed by atoms with Gasteiger partial charge in [0.25, 0.3) is 0 Å². The van der Waals surface area contributed by atoms with Gasteiger partial charge in [-0.05, 0) is 55.0 Å². The Labute approximate surface area is 183 Å². The summed E-state index contributed by atoms with van der Waals surface area (Å²) >= 11 is 7.33. The summed E-state index contributed by atoms with van der Waals surface area (Å²) in [6, 6.07) is 13.0. The Kier molecular flexibility index (Phi) is 7.84. The molecule has 0 fully saturated rings. The predicted octanol–water partition coefficient (Wildman–Crippen LogP) is 4.89. The van der Waals surface area contributed by atoms with Gasteiger partial charge in [0.2, 0.25) is 5.91 Å². The number of carbonyl (C=O) groups excluding carboxylic acids is 1. The highest BCUT2D eigenvalue weighted by Gasteiger charge is 2.23. The van der Waals surface area contributed by atoms with Crippen molar-refractivity contribution in [2.45, 2.75) is 30.3 Å². The second-order valence-electron chi connectivity index (χ2n) is 6.47. The minimum absolute atomic E-state index is 0.177. The van der Waals surface area contributed by atoms with E-state index >= 15 is 0 Å². The lowest BCUT2D eigenvalue weighted by Gasteiger charge is -2.16.